The van der Waals surface area contributed by atoms with Crippen molar-refractivity contribution in [2.45, 2.75) is 63.6 Å². The molecule has 4 aromatic rings. The number of halogens is 1. The van der Waals surface area contributed by atoms with Crippen LogP contribution in [0, 0.1) is 0 Å². The molecule has 0 N–H and O–H groups in total. The number of benzene rings is 3. The molecule has 7 heteroatoms. The molecule has 2 amide bonds. The van der Waals surface area contributed by atoms with Gasteiger partial charge in [0.15, 0.2) is 0 Å². The second-order valence-corrected chi connectivity index (χ2v) is 11.6. The number of nitrogens with zero attached hydrogens (tertiary/aromatic N) is 4. The molecule has 0 bridgehead atoms. The van der Waals surface area contributed by atoms with Gasteiger partial charge in [0.2, 0.25) is 11.8 Å². The Morgan fingerprint density at radius 2 is 1.64 bits per heavy atom. The zero-order valence-corrected chi connectivity index (χ0v) is 23.6. The van der Waals surface area contributed by atoms with Crippen molar-refractivity contribution in [2.75, 3.05) is 11.4 Å². The van der Waals surface area contributed by atoms with E-state index in [0.29, 0.717) is 19.5 Å². The van der Waals surface area contributed by atoms with Crippen molar-refractivity contribution in [1.29, 1.82) is 0 Å². The van der Waals surface area contributed by atoms with Crippen molar-refractivity contribution in [3.8, 4) is 0 Å². The number of rotatable bonds is 7. The number of carbonyl (C=O) groups is 2. The highest BCUT2D eigenvalue weighted by atomic mass is 79.9. The summed E-state index contributed by atoms with van der Waals surface area (Å²) < 4.78 is 2.96. The third kappa shape index (κ3) is 5.37. The molecule has 0 radical (unpaired) electrons. The first kappa shape index (κ1) is 25.8. The summed E-state index contributed by atoms with van der Waals surface area (Å²) in [5.41, 5.74) is 3.82. The highest BCUT2D eigenvalue weighted by Crippen LogP contribution is 2.36. The minimum Gasteiger partial charge on any atom is -0.334 e. The van der Waals surface area contributed by atoms with Crippen LogP contribution < -0.4 is 4.90 Å². The monoisotopic (exact) mass is 584 g/mol. The van der Waals surface area contributed by atoms with Gasteiger partial charge >= 0.3 is 0 Å². The van der Waals surface area contributed by atoms with Gasteiger partial charge in [-0.15, -0.1) is 0 Å². The Balaban J connectivity index is 1.32. The average Bonchev–Trinajstić information content (AvgIpc) is 3.53. The summed E-state index contributed by atoms with van der Waals surface area (Å²) in [6.07, 6.45) is 6.04. The van der Waals surface area contributed by atoms with E-state index < -0.39 is 0 Å². The molecule has 1 unspecified atom stereocenters. The predicted molar refractivity (Wildman–Crippen MR) is 157 cm³/mol. The largest absolute Gasteiger partial charge is 0.334 e. The zero-order valence-electron chi connectivity index (χ0n) is 22.0. The number of aromatic nitrogens is 2. The third-order valence-corrected chi connectivity index (χ3v) is 8.81. The number of hydrogen-bond acceptors (Lipinski definition) is 3. The molecule has 0 spiro atoms. The third-order valence-electron chi connectivity index (χ3n) is 8.14. The van der Waals surface area contributed by atoms with Crippen LogP contribution in [0.3, 0.4) is 0 Å². The Morgan fingerprint density at radius 3 is 2.44 bits per heavy atom. The van der Waals surface area contributed by atoms with Crippen LogP contribution in [0.5, 0.6) is 0 Å². The van der Waals surface area contributed by atoms with E-state index >= 15 is 0 Å². The van der Waals surface area contributed by atoms with Gasteiger partial charge in [-0.05, 0) is 58.6 Å². The summed E-state index contributed by atoms with van der Waals surface area (Å²) >= 11 is 3.60. The first-order valence-electron chi connectivity index (χ1n) is 13.9. The number of imidazole rings is 1. The summed E-state index contributed by atoms with van der Waals surface area (Å²) in [6, 6.07) is 26.3. The van der Waals surface area contributed by atoms with Crippen LogP contribution in [0.15, 0.2) is 83.3 Å². The maximum Gasteiger partial charge on any atom is 0.243 e. The topological polar surface area (TPSA) is 58.4 Å². The molecule has 6 rings (SSSR count). The quantitative estimate of drug-likeness (QED) is 0.243. The van der Waals surface area contributed by atoms with Gasteiger partial charge in [-0.1, -0.05) is 73.9 Å². The Morgan fingerprint density at radius 1 is 0.923 bits per heavy atom. The van der Waals surface area contributed by atoms with Crippen LogP contribution in [0.4, 0.5) is 5.69 Å². The fraction of sp³-hybridized carbons (Fsp3) is 0.344. The van der Waals surface area contributed by atoms with Crippen LogP contribution in [0.2, 0.25) is 0 Å². The van der Waals surface area contributed by atoms with E-state index in [-0.39, 0.29) is 30.3 Å². The Labute approximate surface area is 237 Å². The molecule has 6 nitrogen and oxygen atoms in total. The van der Waals surface area contributed by atoms with E-state index in [4.69, 9.17) is 4.98 Å². The number of amides is 2. The average molecular weight is 586 g/mol. The molecule has 200 valence electrons. The molecular weight excluding hydrogens is 552 g/mol. The van der Waals surface area contributed by atoms with E-state index in [1.54, 1.807) is 0 Å². The van der Waals surface area contributed by atoms with Gasteiger partial charge in [0, 0.05) is 35.9 Å². The molecule has 1 aliphatic carbocycles. The van der Waals surface area contributed by atoms with Crippen LogP contribution in [-0.2, 0) is 22.7 Å². The van der Waals surface area contributed by atoms with Gasteiger partial charge in [-0.2, -0.15) is 0 Å². The van der Waals surface area contributed by atoms with Gasteiger partial charge in [0.25, 0.3) is 0 Å². The molecule has 1 aliphatic heterocycles. The summed E-state index contributed by atoms with van der Waals surface area (Å²) in [5.74, 6) is 0.907. The number of hydrogen-bond donors (Lipinski definition) is 0. The first-order chi connectivity index (χ1) is 19.1. The minimum absolute atomic E-state index is 0.0738. The maximum atomic E-state index is 14.1. The molecule has 1 saturated carbocycles. The van der Waals surface area contributed by atoms with E-state index in [0.717, 1.165) is 58.3 Å². The number of anilines is 1. The first-order valence-corrected chi connectivity index (χ1v) is 14.7. The highest BCUT2D eigenvalue weighted by Gasteiger charge is 2.36. The van der Waals surface area contributed by atoms with Crippen molar-refractivity contribution in [1.82, 2.24) is 14.5 Å². The molecular formula is C32H33BrN4O2. The van der Waals surface area contributed by atoms with Crippen molar-refractivity contribution < 1.29 is 9.59 Å². The van der Waals surface area contributed by atoms with Gasteiger partial charge in [0.1, 0.15) is 12.4 Å². The van der Waals surface area contributed by atoms with Gasteiger partial charge in [0.05, 0.1) is 16.7 Å². The number of para-hydroxylation sites is 3. The molecule has 3 aromatic carbocycles. The van der Waals surface area contributed by atoms with E-state index in [1.165, 1.54) is 6.42 Å². The van der Waals surface area contributed by atoms with Crippen LogP contribution in [0.1, 0.15) is 55.8 Å². The standard InChI is InChI=1S/C32H33BrN4O2/c33-26-15-7-9-17-28(26)36-21-24(19-30(36)38)32-34-27-16-8-10-18-29(27)37(32)22-31(39)35(25-13-5-2-6-14-25)20-23-11-3-1-4-12-23/h1,3-4,7-12,15-18,24-25H,2,5-6,13-14,19-22H2. The van der Waals surface area contributed by atoms with Gasteiger partial charge in [-0.25, -0.2) is 4.98 Å². The maximum absolute atomic E-state index is 14.1. The molecule has 2 heterocycles. The highest BCUT2D eigenvalue weighted by molar-refractivity contribution is 9.10. The summed E-state index contributed by atoms with van der Waals surface area (Å²) in [5, 5.41) is 0. The second-order valence-electron chi connectivity index (χ2n) is 10.7. The Hall–Kier alpha value is -3.45. The van der Waals surface area contributed by atoms with Gasteiger partial charge < -0.3 is 14.4 Å². The molecule has 2 aliphatic rings. The van der Waals surface area contributed by atoms with Crippen molar-refractivity contribution in [3.63, 3.8) is 0 Å². The van der Waals surface area contributed by atoms with Crippen molar-refractivity contribution in [2.24, 2.45) is 0 Å². The number of carbonyl (C=O) groups excluding carboxylic acids is 2. The van der Waals surface area contributed by atoms with Crippen molar-refractivity contribution in [3.05, 3.63) is 94.7 Å². The molecule has 2 fully saturated rings. The SMILES string of the molecule is O=C1CC(c2nc3ccccc3n2CC(=O)N(Cc2ccccc2)C2CCCCC2)CN1c1ccccc1Br. The van der Waals surface area contributed by atoms with E-state index in [9.17, 15) is 9.59 Å². The van der Waals surface area contributed by atoms with Crippen LogP contribution >= 0.6 is 15.9 Å². The van der Waals surface area contributed by atoms with Crippen LogP contribution in [0.25, 0.3) is 11.0 Å². The fourth-order valence-corrected chi connectivity index (χ4v) is 6.67. The van der Waals surface area contributed by atoms with Crippen LogP contribution in [-0.4, -0.2) is 38.9 Å². The van der Waals surface area contributed by atoms with E-state index in [2.05, 4.69) is 37.5 Å². The molecule has 1 atom stereocenters. The van der Waals surface area contributed by atoms with Crippen molar-refractivity contribution >= 4 is 44.5 Å². The summed E-state index contributed by atoms with van der Waals surface area (Å²) in [4.78, 5) is 36.2. The lowest BCUT2D eigenvalue weighted by atomic mass is 9.93. The Kier molecular flexibility index (Phi) is 7.51. The minimum atomic E-state index is -0.0953. The lowest BCUT2D eigenvalue weighted by molar-refractivity contribution is -0.135. The predicted octanol–water partition coefficient (Wildman–Crippen LogP) is 6.68. The number of fused-ring (bicyclic) bond motifs is 1. The summed E-state index contributed by atoms with van der Waals surface area (Å²) in [6.45, 7) is 1.37. The van der Waals surface area contributed by atoms with E-state index in [1.807, 2.05) is 71.6 Å². The second kappa shape index (κ2) is 11.3. The zero-order chi connectivity index (χ0) is 26.8. The molecule has 39 heavy (non-hydrogen) atoms. The summed E-state index contributed by atoms with van der Waals surface area (Å²) in [7, 11) is 0. The lowest BCUT2D eigenvalue weighted by Gasteiger charge is -2.35. The smallest absolute Gasteiger partial charge is 0.243 e. The van der Waals surface area contributed by atoms with Gasteiger partial charge in [-0.3, -0.25) is 9.59 Å². The molecule has 1 aromatic heterocycles. The normalized spacial score (nSPS) is 18.1. The fourth-order valence-electron chi connectivity index (χ4n) is 6.18. The Bertz CT molecular complexity index is 1480. The lowest BCUT2D eigenvalue weighted by Crippen LogP contribution is -2.42. The molecule has 1 saturated heterocycles.